The van der Waals surface area contributed by atoms with E-state index in [-0.39, 0.29) is 5.82 Å². The van der Waals surface area contributed by atoms with E-state index < -0.39 is 6.08 Å². The van der Waals surface area contributed by atoms with Crippen LogP contribution in [0.15, 0.2) is 4.99 Å². The number of halogens is 1. The molecule has 0 unspecified atom stereocenters. The molecule has 2 heterocycles. The largest absolute Gasteiger partial charge is 0.382 e. The van der Waals surface area contributed by atoms with Crippen molar-refractivity contribution in [2.75, 3.05) is 5.73 Å². The topological polar surface area (TPSA) is 64.2 Å². The standard InChI is InChI=1S/C5H3BFN4/c7-5-10-3-2(4(8)11-5)9-1-6-3/h1H,(H2,8,10,11). The van der Waals surface area contributed by atoms with Crippen LogP contribution in [0.2, 0.25) is 0 Å². The predicted octanol–water partition coefficient (Wildman–Crippen LogP) is -0.799. The molecule has 0 saturated heterocycles. The fourth-order valence-corrected chi connectivity index (χ4v) is 0.892. The first-order chi connectivity index (χ1) is 5.27. The molecule has 0 saturated carbocycles. The van der Waals surface area contributed by atoms with E-state index in [0.29, 0.717) is 11.3 Å². The van der Waals surface area contributed by atoms with E-state index >= 15 is 0 Å². The number of aliphatic imine (C=N–C) groups is 1. The maximum Gasteiger partial charge on any atom is 0.310 e. The third kappa shape index (κ3) is 0.867. The maximum atomic E-state index is 12.4. The summed E-state index contributed by atoms with van der Waals surface area (Å²) in [5, 5.41) is 0. The second kappa shape index (κ2) is 2.01. The molecule has 6 heteroatoms. The van der Waals surface area contributed by atoms with Crippen molar-refractivity contribution in [1.29, 1.82) is 0 Å². The summed E-state index contributed by atoms with van der Waals surface area (Å²) in [4.78, 5) is 10.6. The lowest BCUT2D eigenvalue weighted by Gasteiger charge is -1.98. The second-order valence-corrected chi connectivity index (χ2v) is 2.06. The molecule has 0 fully saturated rings. The number of hydrogen-bond donors (Lipinski definition) is 1. The van der Waals surface area contributed by atoms with E-state index in [1.54, 1.807) is 7.28 Å². The first-order valence-electron chi connectivity index (χ1n) is 2.98. The Kier molecular flexibility index (Phi) is 1.15. The van der Waals surface area contributed by atoms with Crippen LogP contribution in [0.1, 0.15) is 0 Å². The number of nitrogens with zero attached hydrogens (tertiary/aromatic N) is 3. The van der Waals surface area contributed by atoms with Gasteiger partial charge in [0.05, 0.1) is 0 Å². The molecule has 0 spiro atoms. The minimum atomic E-state index is -0.817. The molecule has 53 valence electrons. The minimum Gasteiger partial charge on any atom is -0.382 e. The Morgan fingerprint density at radius 3 is 3.09 bits per heavy atom. The van der Waals surface area contributed by atoms with E-state index in [1.165, 1.54) is 6.11 Å². The van der Waals surface area contributed by atoms with Crippen LogP contribution < -0.4 is 11.3 Å². The molecule has 0 bridgehead atoms. The van der Waals surface area contributed by atoms with Crippen LogP contribution in [-0.4, -0.2) is 23.4 Å². The Bertz CT molecular complexity index is 337. The van der Waals surface area contributed by atoms with Gasteiger partial charge in [-0.05, 0) is 6.11 Å². The minimum absolute atomic E-state index is 0.0810. The Hall–Kier alpha value is -1.46. The van der Waals surface area contributed by atoms with Crippen molar-refractivity contribution in [2.24, 2.45) is 4.99 Å². The van der Waals surface area contributed by atoms with Crippen molar-refractivity contribution < 1.29 is 4.39 Å². The van der Waals surface area contributed by atoms with Gasteiger partial charge in [0.25, 0.3) is 0 Å². The summed E-state index contributed by atoms with van der Waals surface area (Å²) in [7, 11) is 1.58. The van der Waals surface area contributed by atoms with E-state index in [9.17, 15) is 4.39 Å². The number of nitrogen functional groups attached to an aromatic ring is 1. The third-order valence-corrected chi connectivity index (χ3v) is 1.35. The summed E-state index contributed by atoms with van der Waals surface area (Å²) >= 11 is 0. The molecule has 1 aromatic heterocycles. The molecule has 11 heavy (non-hydrogen) atoms. The quantitative estimate of drug-likeness (QED) is 0.388. The molecular weight excluding hydrogens is 146 g/mol. The molecule has 0 amide bonds. The first-order valence-corrected chi connectivity index (χ1v) is 2.98. The Balaban J connectivity index is 2.67. The van der Waals surface area contributed by atoms with E-state index in [2.05, 4.69) is 15.0 Å². The molecule has 0 aromatic carbocycles. The van der Waals surface area contributed by atoms with Gasteiger partial charge in [-0.2, -0.15) is 9.37 Å². The molecule has 0 aliphatic carbocycles. The number of hydrogen-bond acceptors (Lipinski definition) is 4. The molecule has 1 radical (unpaired) electrons. The van der Waals surface area contributed by atoms with Crippen LogP contribution in [0.25, 0.3) is 0 Å². The van der Waals surface area contributed by atoms with Crippen LogP contribution in [0.3, 0.4) is 0 Å². The highest BCUT2D eigenvalue weighted by Gasteiger charge is 2.14. The van der Waals surface area contributed by atoms with Gasteiger partial charge in [-0.3, -0.25) is 4.99 Å². The van der Waals surface area contributed by atoms with E-state index in [0.717, 1.165) is 0 Å². The van der Waals surface area contributed by atoms with Crippen LogP contribution in [-0.2, 0) is 0 Å². The van der Waals surface area contributed by atoms with Gasteiger partial charge in [0.15, 0.2) is 5.82 Å². The highest BCUT2D eigenvalue weighted by atomic mass is 19.1. The number of rotatable bonds is 0. The highest BCUT2D eigenvalue weighted by molar-refractivity contribution is 6.81. The zero-order valence-corrected chi connectivity index (χ0v) is 5.45. The highest BCUT2D eigenvalue weighted by Crippen LogP contribution is 2.16. The molecule has 2 N–H and O–H groups in total. The van der Waals surface area contributed by atoms with Crippen LogP contribution in [0.5, 0.6) is 0 Å². The van der Waals surface area contributed by atoms with E-state index in [4.69, 9.17) is 5.73 Å². The average molecular weight is 149 g/mol. The summed E-state index contributed by atoms with van der Waals surface area (Å²) in [6.45, 7) is 0. The Morgan fingerprint density at radius 1 is 1.45 bits per heavy atom. The van der Waals surface area contributed by atoms with E-state index in [1.807, 2.05) is 0 Å². The monoisotopic (exact) mass is 149 g/mol. The summed E-state index contributed by atoms with van der Waals surface area (Å²) in [6.07, 6.45) is 0.692. The Labute approximate surface area is 62.6 Å². The van der Waals surface area contributed by atoms with Crippen molar-refractivity contribution in [3.05, 3.63) is 6.08 Å². The summed E-state index contributed by atoms with van der Waals surface area (Å²) in [6, 6.07) is 0. The van der Waals surface area contributed by atoms with Crippen molar-refractivity contribution in [2.45, 2.75) is 0 Å². The zero-order valence-electron chi connectivity index (χ0n) is 5.45. The molecule has 2 rings (SSSR count). The maximum absolute atomic E-state index is 12.4. The normalized spacial score (nSPS) is 12.8. The SMILES string of the molecule is Nc1nc(F)nc2c1N=C[B]2. The van der Waals surface area contributed by atoms with Gasteiger partial charge >= 0.3 is 6.08 Å². The first kappa shape index (κ1) is 6.27. The molecule has 1 aromatic rings. The third-order valence-electron chi connectivity index (χ3n) is 1.35. The Morgan fingerprint density at radius 2 is 2.27 bits per heavy atom. The lowest BCUT2D eigenvalue weighted by molar-refractivity contribution is 0.544. The summed E-state index contributed by atoms with van der Waals surface area (Å²) in [5.74, 6) is 0.0810. The van der Waals surface area contributed by atoms with Crippen LogP contribution in [0.4, 0.5) is 15.9 Å². The van der Waals surface area contributed by atoms with Crippen molar-refractivity contribution in [3.63, 3.8) is 0 Å². The van der Waals surface area contributed by atoms with Gasteiger partial charge in [-0.15, -0.1) is 0 Å². The van der Waals surface area contributed by atoms with Crippen LogP contribution in [0, 0.1) is 6.08 Å². The molecular formula is C5H3BFN4. The second-order valence-electron chi connectivity index (χ2n) is 2.06. The summed E-state index contributed by atoms with van der Waals surface area (Å²) < 4.78 is 12.4. The van der Waals surface area contributed by atoms with Gasteiger partial charge < -0.3 is 5.73 Å². The molecule has 1 aliphatic heterocycles. The number of anilines is 1. The lowest BCUT2D eigenvalue weighted by atomic mass is 9.78. The predicted molar refractivity (Wildman–Crippen MR) is 39.9 cm³/mol. The van der Waals surface area contributed by atoms with Crippen molar-refractivity contribution in [1.82, 2.24) is 9.97 Å². The summed E-state index contributed by atoms with van der Waals surface area (Å²) in [5.41, 5.74) is 6.24. The van der Waals surface area contributed by atoms with Crippen LogP contribution >= 0.6 is 0 Å². The lowest BCUT2D eigenvalue weighted by Crippen LogP contribution is -2.19. The zero-order chi connectivity index (χ0) is 7.84. The van der Waals surface area contributed by atoms with Gasteiger partial charge in [0, 0.05) is 5.59 Å². The number of aromatic nitrogens is 2. The number of fused-ring (bicyclic) bond motifs is 1. The van der Waals surface area contributed by atoms with Gasteiger partial charge in [-0.25, -0.2) is 4.98 Å². The van der Waals surface area contributed by atoms with Crippen molar-refractivity contribution >= 4 is 30.5 Å². The van der Waals surface area contributed by atoms with Gasteiger partial charge in [0.2, 0.25) is 7.28 Å². The fraction of sp³-hybridized carbons (Fsp3) is 0. The number of nitrogens with two attached hydrogens (primary N) is 1. The van der Waals surface area contributed by atoms with Gasteiger partial charge in [-0.1, -0.05) is 0 Å². The smallest absolute Gasteiger partial charge is 0.310 e. The van der Waals surface area contributed by atoms with Crippen molar-refractivity contribution in [3.8, 4) is 0 Å². The van der Waals surface area contributed by atoms with Gasteiger partial charge in [0.1, 0.15) is 5.69 Å². The average Bonchev–Trinajstić information content (AvgIpc) is 2.34. The molecule has 0 atom stereocenters. The molecule has 4 nitrogen and oxygen atoms in total. The molecule has 1 aliphatic rings. The fourth-order valence-electron chi connectivity index (χ4n) is 0.892.